The summed E-state index contributed by atoms with van der Waals surface area (Å²) < 4.78 is 5.14. The molecule has 0 radical (unpaired) electrons. The molecule has 1 aromatic heterocycles. The van der Waals surface area contributed by atoms with E-state index in [0.717, 1.165) is 0 Å². The number of fused-ring (bicyclic) bond motifs is 2. The van der Waals surface area contributed by atoms with Crippen LogP contribution in [0.15, 0.2) is 22.6 Å². The molecule has 1 aliphatic rings. The van der Waals surface area contributed by atoms with Gasteiger partial charge in [-0.3, -0.25) is 14.4 Å². The summed E-state index contributed by atoms with van der Waals surface area (Å²) in [5.74, 6) is -2.20. The lowest BCUT2D eigenvalue weighted by molar-refractivity contribution is 0.0945. The molecule has 0 fully saturated rings. The van der Waals surface area contributed by atoms with E-state index in [1.165, 1.54) is 25.1 Å². The fourth-order valence-corrected chi connectivity index (χ4v) is 2.38. The molecule has 1 aliphatic carbocycles. The highest BCUT2D eigenvalue weighted by Gasteiger charge is 2.36. The predicted octanol–water partition coefficient (Wildman–Crippen LogP) is 2.62. The third-order valence-corrected chi connectivity index (χ3v) is 3.30. The molecule has 5 nitrogen and oxygen atoms in total. The lowest BCUT2D eigenvalue weighted by atomic mass is 9.88. The van der Waals surface area contributed by atoms with E-state index < -0.39 is 17.3 Å². The van der Waals surface area contributed by atoms with Crippen molar-refractivity contribution in [2.45, 2.75) is 6.92 Å². The summed E-state index contributed by atoms with van der Waals surface area (Å²) in [6.45, 7) is 1.26. The second-order valence-electron chi connectivity index (χ2n) is 4.42. The van der Waals surface area contributed by atoms with E-state index in [0.29, 0.717) is 0 Å². The summed E-state index contributed by atoms with van der Waals surface area (Å²) in [4.78, 5) is 35.8. The number of hydrogen-bond donors (Lipinski definition) is 1. The van der Waals surface area contributed by atoms with Gasteiger partial charge in [0, 0.05) is 17.5 Å². The van der Waals surface area contributed by atoms with E-state index in [2.05, 4.69) is 0 Å². The average molecular weight is 291 g/mol. The third-order valence-electron chi connectivity index (χ3n) is 3.08. The van der Waals surface area contributed by atoms with E-state index in [9.17, 15) is 19.5 Å². The summed E-state index contributed by atoms with van der Waals surface area (Å²) >= 11 is 5.77. The van der Waals surface area contributed by atoms with Crippen LogP contribution in [0.1, 0.15) is 49.5 Å². The Bertz CT molecular complexity index is 800. The minimum absolute atomic E-state index is 0.0228. The van der Waals surface area contributed by atoms with Gasteiger partial charge >= 0.3 is 0 Å². The SMILES string of the molecule is CC(=O)c1cc2c(o1)C(=O)c1cc(Cl)cc(O)c1C2=O. The smallest absolute Gasteiger partial charge is 0.229 e. The van der Waals surface area contributed by atoms with E-state index >= 15 is 0 Å². The summed E-state index contributed by atoms with van der Waals surface area (Å²) in [5, 5.41) is 9.94. The van der Waals surface area contributed by atoms with Gasteiger partial charge in [0.1, 0.15) is 5.75 Å². The summed E-state index contributed by atoms with van der Waals surface area (Å²) in [6.07, 6.45) is 0. The average Bonchev–Trinajstić information content (AvgIpc) is 2.80. The standard InChI is InChI=1S/C14H7ClO5/c1-5(16)10-4-8-12(18)11-7(13(19)14(8)20-10)2-6(15)3-9(11)17/h2-4,17H,1H3. The number of carbonyl (C=O) groups is 3. The van der Waals surface area contributed by atoms with E-state index in [-0.39, 0.29) is 39.0 Å². The first-order valence-corrected chi connectivity index (χ1v) is 6.04. The molecule has 1 heterocycles. The minimum Gasteiger partial charge on any atom is -0.507 e. The molecule has 2 aromatic rings. The fraction of sp³-hybridized carbons (Fsp3) is 0.0714. The van der Waals surface area contributed by atoms with Crippen molar-refractivity contribution < 1.29 is 23.9 Å². The van der Waals surface area contributed by atoms with Crippen molar-refractivity contribution in [3.8, 4) is 5.75 Å². The van der Waals surface area contributed by atoms with Crippen molar-refractivity contribution in [3.63, 3.8) is 0 Å². The monoisotopic (exact) mass is 290 g/mol. The zero-order valence-electron chi connectivity index (χ0n) is 10.2. The van der Waals surface area contributed by atoms with Crippen LogP contribution in [-0.2, 0) is 0 Å². The van der Waals surface area contributed by atoms with Crippen LogP contribution in [0.25, 0.3) is 0 Å². The number of Topliss-reactive ketones (excluding diaryl/α,β-unsaturated/α-hetero) is 1. The second-order valence-corrected chi connectivity index (χ2v) is 4.85. The number of ketones is 3. The van der Waals surface area contributed by atoms with Gasteiger partial charge < -0.3 is 9.52 Å². The van der Waals surface area contributed by atoms with Gasteiger partial charge in [0.2, 0.25) is 11.6 Å². The van der Waals surface area contributed by atoms with Gasteiger partial charge in [-0.2, -0.15) is 0 Å². The highest BCUT2D eigenvalue weighted by Crippen LogP contribution is 2.36. The van der Waals surface area contributed by atoms with Crippen LogP contribution >= 0.6 is 11.6 Å². The Morgan fingerprint density at radius 2 is 1.85 bits per heavy atom. The van der Waals surface area contributed by atoms with Crippen LogP contribution in [0.5, 0.6) is 5.75 Å². The van der Waals surface area contributed by atoms with Crippen molar-refractivity contribution in [1.29, 1.82) is 0 Å². The molecule has 100 valence electrons. The van der Waals surface area contributed by atoms with Crippen LogP contribution in [0.3, 0.4) is 0 Å². The number of phenolic OH excluding ortho intramolecular Hbond substituents is 1. The molecular formula is C14H7ClO5. The molecule has 0 unspecified atom stereocenters. The molecule has 20 heavy (non-hydrogen) atoms. The molecule has 1 N–H and O–H groups in total. The third kappa shape index (κ3) is 1.60. The molecule has 6 heteroatoms. The molecular weight excluding hydrogens is 284 g/mol. The number of carbonyl (C=O) groups excluding carboxylic acids is 3. The molecule has 0 amide bonds. The van der Waals surface area contributed by atoms with E-state index in [1.54, 1.807) is 0 Å². The zero-order chi connectivity index (χ0) is 14.6. The molecule has 0 atom stereocenters. The van der Waals surface area contributed by atoms with E-state index in [4.69, 9.17) is 16.0 Å². The minimum atomic E-state index is -0.583. The number of benzene rings is 1. The topological polar surface area (TPSA) is 84.6 Å². The lowest BCUT2D eigenvalue weighted by Crippen LogP contribution is -2.19. The maximum atomic E-state index is 12.3. The number of furan rings is 1. The molecule has 3 rings (SSSR count). The number of aromatic hydroxyl groups is 1. The zero-order valence-corrected chi connectivity index (χ0v) is 10.9. The lowest BCUT2D eigenvalue weighted by Gasteiger charge is -2.14. The van der Waals surface area contributed by atoms with Crippen molar-refractivity contribution in [1.82, 2.24) is 0 Å². The quantitative estimate of drug-likeness (QED) is 0.696. The Kier molecular flexibility index (Phi) is 2.55. The highest BCUT2D eigenvalue weighted by atomic mass is 35.5. The van der Waals surface area contributed by atoms with Gasteiger partial charge in [-0.15, -0.1) is 0 Å². The van der Waals surface area contributed by atoms with Gasteiger partial charge in [-0.25, -0.2) is 0 Å². The van der Waals surface area contributed by atoms with Crippen molar-refractivity contribution in [2.24, 2.45) is 0 Å². The molecule has 0 spiro atoms. The predicted molar refractivity (Wildman–Crippen MR) is 68.7 cm³/mol. The molecule has 1 aromatic carbocycles. The van der Waals surface area contributed by atoms with Gasteiger partial charge in [-0.1, -0.05) is 11.6 Å². The normalized spacial score (nSPS) is 13.1. The number of phenols is 1. The maximum absolute atomic E-state index is 12.3. The summed E-state index contributed by atoms with van der Waals surface area (Å²) in [7, 11) is 0. The molecule has 0 bridgehead atoms. The first-order chi connectivity index (χ1) is 9.40. The summed E-state index contributed by atoms with van der Waals surface area (Å²) in [5.41, 5.74) is -0.176. The van der Waals surface area contributed by atoms with Crippen molar-refractivity contribution >= 4 is 29.0 Å². The van der Waals surface area contributed by atoms with Gasteiger partial charge in [-0.05, 0) is 18.2 Å². The Labute approximate surface area is 117 Å². The maximum Gasteiger partial charge on any atom is 0.229 e. The number of rotatable bonds is 1. The van der Waals surface area contributed by atoms with Crippen molar-refractivity contribution in [2.75, 3.05) is 0 Å². The Hall–Kier alpha value is -2.40. The van der Waals surface area contributed by atoms with Gasteiger partial charge in [0.15, 0.2) is 17.3 Å². The molecule has 0 saturated heterocycles. The second kappa shape index (κ2) is 4.05. The van der Waals surface area contributed by atoms with E-state index in [1.807, 2.05) is 0 Å². The number of hydrogen-bond acceptors (Lipinski definition) is 5. The van der Waals surface area contributed by atoms with Crippen LogP contribution in [0.2, 0.25) is 5.02 Å². The van der Waals surface area contributed by atoms with Crippen LogP contribution < -0.4 is 0 Å². The number of halogens is 1. The Balaban J connectivity index is 2.31. The van der Waals surface area contributed by atoms with Gasteiger partial charge in [0.25, 0.3) is 0 Å². The highest BCUT2D eigenvalue weighted by molar-refractivity contribution is 6.34. The first-order valence-electron chi connectivity index (χ1n) is 5.67. The van der Waals surface area contributed by atoms with Crippen LogP contribution in [-0.4, -0.2) is 22.5 Å². The largest absolute Gasteiger partial charge is 0.507 e. The summed E-state index contributed by atoms with van der Waals surface area (Å²) in [6, 6.07) is 3.69. The Morgan fingerprint density at radius 3 is 2.50 bits per heavy atom. The van der Waals surface area contributed by atoms with Crippen LogP contribution in [0, 0.1) is 0 Å². The fourth-order valence-electron chi connectivity index (χ4n) is 2.17. The molecule has 0 saturated carbocycles. The van der Waals surface area contributed by atoms with Crippen molar-refractivity contribution in [3.05, 3.63) is 51.4 Å². The Morgan fingerprint density at radius 1 is 1.15 bits per heavy atom. The van der Waals surface area contributed by atoms with Gasteiger partial charge in [0.05, 0.1) is 11.1 Å². The molecule has 0 aliphatic heterocycles. The van der Waals surface area contributed by atoms with Crippen LogP contribution in [0.4, 0.5) is 0 Å². The first kappa shape index (κ1) is 12.6.